The zero-order valence-corrected chi connectivity index (χ0v) is 17.9. The first-order valence-electron chi connectivity index (χ1n) is 10.5. The van der Waals surface area contributed by atoms with E-state index in [9.17, 15) is 0 Å². The molecule has 0 spiro atoms. The lowest BCUT2D eigenvalue weighted by atomic mass is 10.2. The summed E-state index contributed by atoms with van der Waals surface area (Å²) in [5.74, 6) is 1.87. The number of hydrogen-bond acceptors (Lipinski definition) is 9. The number of benzene rings is 1. The quantitative estimate of drug-likeness (QED) is 0.792. The van der Waals surface area contributed by atoms with Gasteiger partial charge in [-0.1, -0.05) is 42.1 Å². The maximum atomic E-state index is 5.57. The molecule has 1 aromatic carbocycles. The minimum atomic E-state index is 0.606. The smallest absolute Gasteiger partial charge is 0.158 e. The molecular weight excluding hydrogens is 398 g/mol. The number of thioether (sulfide) groups is 1. The highest BCUT2D eigenvalue weighted by molar-refractivity contribution is 8.13. The van der Waals surface area contributed by atoms with E-state index in [0.717, 1.165) is 80.5 Å². The molecule has 8 nitrogen and oxygen atoms in total. The Kier molecular flexibility index (Phi) is 6.12. The Morgan fingerprint density at radius 1 is 1.00 bits per heavy atom. The highest BCUT2D eigenvalue weighted by atomic mass is 32.2. The first-order chi connectivity index (χ1) is 14.9. The molecule has 0 atom stereocenters. The minimum absolute atomic E-state index is 0.606. The van der Waals surface area contributed by atoms with Crippen LogP contribution in [-0.2, 0) is 10.5 Å². The third-order valence-corrected chi connectivity index (χ3v) is 6.65. The molecule has 1 N–H and O–H groups in total. The molecule has 2 saturated heterocycles. The molecule has 0 radical (unpaired) electrons. The summed E-state index contributed by atoms with van der Waals surface area (Å²) in [5.41, 5.74) is 3.32. The number of anilines is 2. The summed E-state index contributed by atoms with van der Waals surface area (Å²) in [5, 5.41) is 9.10. The van der Waals surface area contributed by atoms with Crippen LogP contribution in [-0.4, -0.2) is 79.2 Å². The normalized spacial score (nSPS) is 20.1. The summed E-state index contributed by atoms with van der Waals surface area (Å²) in [6.45, 7) is 7.64. The van der Waals surface area contributed by atoms with Gasteiger partial charge in [-0.15, -0.1) is 0 Å². The van der Waals surface area contributed by atoms with Crippen molar-refractivity contribution in [2.75, 3.05) is 69.1 Å². The van der Waals surface area contributed by atoms with E-state index < -0.39 is 0 Å². The summed E-state index contributed by atoms with van der Waals surface area (Å²) in [7, 11) is 0. The van der Waals surface area contributed by atoms with Crippen LogP contribution in [0.3, 0.4) is 0 Å². The van der Waals surface area contributed by atoms with Crippen LogP contribution in [0.2, 0.25) is 0 Å². The molecule has 3 aliphatic rings. The SMILES string of the molecule is c1ccc(CSC2=NCN(N3CCNCC3)c3c2ncnc3N2CCOCC2)cc1. The van der Waals surface area contributed by atoms with Crippen LogP contribution in [0.5, 0.6) is 0 Å². The molecule has 2 aromatic rings. The molecule has 0 aliphatic carbocycles. The lowest BCUT2D eigenvalue weighted by molar-refractivity contribution is 0.122. The fraction of sp³-hybridized carbons (Fsp3) is 0.476. The van der Waals surface area contributed by atoms with Crippen LogP contribution in [0.1, 0.15) is 11.3 Å². The van der Waals surface area contributed by atoms with Gasteiger partial charge in [0.15, 0.2) is 5.82 Å². The Hall–Kier alpha value is -2.20. The van der Waals surface area contributed by atoms with E-state index in [1.807, 2.05) is 0 Å². The fourth-order valence-corrected chi connectivity index (χ4v) is 4.94. The van der Waals surface area contributed by atoms with Crippen molar-refractivity contribution in [3.05, 3.63) is 47.9 Å². The number of nitrogens with zero attached hydrogens (tertiary/aromatic N) is 6. The van der Waals surface area contributed by atoms with Crippen LogP contribution in [0.25, 0.3) is 0 Å². The number of ether oxygens (including phenoxy) is 1. The van der Waals surface area contributed by atoms with E-state index in [0.29, 0.717) is 6.67 Å². The Morgan fingerprint density at radius 2 is 1.80 bits per heavy atom. The number of rotatable bonds is 4. The van der Waals surface area contributed by atoms with Crippen molar-refractivity contribution in [1.29, 1.82) is 0 Å². The molecule has 158 valence electrons. The second-order valence-corrected chi connectivity index (χ2v) is 8.44. The van der Waals surface area contributed by atoms with Crippen LogP contribution in [0.15, 0.2) is 41.7 Å². The largest absolute Gasteiger partial charge is 0.378 e. The standard InChI is InChI=1S/C21H27N7OS/c1-2-4-17(5-3-1)14-30-21-18-19(28(16-25-21)27-8-6-22-7-9-27)20(24-15-23-18)26-10-12-29-13-11-26/h1-5,15,22H,6-14,16H2. The molecule has 9 heteroatoms. The van der Waals surface area contributed by atoms with Crippen molar-refractivity contribution in [3.63, 3.8) is 0 Å². The molecule has 1 aromatic heterocycles. The molecular formula is C21H27N7OS. The Bertz CT molecular complexity index is 882. The molecule has 5 rings (SSSR count). The number of piperazine rings is 1. The van der Waals surface area contributed by atoms with E-state index in [1.54, 1.807) is 18.1 Å². The predicted molar refractivity (Wildman–Crippen MR) is 121 cm³/mol. The van der Waals surface area contributed by atoms with Gasteiger partial charge in [-0.25, -0.2) is 15.0 Å². The molecule has 0 unspecified atom stereocenters. The average Bonchev–Trinajstić information content (AvgIpc) is 2.84. The third-order valence-electron chi connectivity index (χ3n) is 5.58. The highest BCUT2D eigenvalue weighted by Gasteiger charge is 2.32. The fourth-order valence-electron chi connectivity index (χ4n) is 4.01. The second-order valence-electron chi connectivity index (χ2n) is 7.48. The van der Waals surface area contributed by atoms with Crippen LogP contribution in [0.4, 0.5) is 11.5 Å². The molecule has 4 heterocycles. The van der Waals surface area contributed by atoms with E-state index in [4.69, 9.17) is 19.7 Å². The highest BCUT2D eigenvalue weighted by Crippen LogP contribution is 2.37. The number of hydrazine groups is 1. The van der Waals surface area contributed by atoms with Crippen molar-refractivity contribution in [2.45, 2.75) is 5.75 Å². The monoisotopic (exact) mass is 425 g/mol. The van der Waals surface area contributed by atoms with Gasteiger partial charge in [-0.3, -0.25) is 10.0 Å². The Labute approximate surface area is 181 Å². The molecule has 0 amide bonds. The number of morpholine rings is 1. The maximum Gasteiger partial charge on any atom is 0.158 e. The topological polar surface area (TPSA) is 69.1 Å². The predicted octanol–water partition coefficient (Wildman–Crippen LogP) is 1.59. The lowest BCUT2D eigenvalue weighted by Crippen LogP contribution is -2.54. The van der Waals surface area contributed by atoms with Crippen molar-refractivity contribution >= 4 is 28.3 Å². The Balaban J connectivity index is 1.47. The Morgan fingerprint density at radius 3 is 2.60 bits per heavy atom. The zero-order chi connectivity index (χ0) is 20.2. The number of hydrogen-bond donors (Lipinski definition) is 1. The molecule has 2 fully saturated rings. The summed E-state index contributed by atoms with van der Waals surface area (Å²) in [6.07, 6.45) is 1.68. The van der Waals surface area contributed by atoms with Gasteiger partial charge in [-0.2, -0.15) is 0 Å². The second kappa shape index (κ2) is 9.30. The van der Waals surface area contributed by atoms with Crippen molar-refractivity contribution in [3.8, 4) is 0 Å². The first-order valence-corrected chi connectivity index (χ1v) is 11.5. The van der Waals surface area contributed by atoms with Gasteiger partial charge >= 0.3 is 0 Å². The van der Waals surface area contributed by atoms with E-state index in [2.05, 4.69) is 50.6 Å². The molecule has 0 bridgehead atoms. The van der Waals surface area contributed by atoms with Gasteiger partial charge in [-0.05, 0) is 5.56 Å². The summed E-state index contributed by atoms with van der Waals surface area (Å²) in [4.78, 5) is 16.7. The molecule has 3 aliphatic heterocycles. The summed E-state index contributed by atoms with van der Waals surface area (Å²) < 4.78 is 5.57. The van der Waals surface area contributed by atoms with Crippen molar-refractivity contribution in [1.82, 2.24) is 20.3 Å². The van der Waals surface area contributed by atoms with Crippen molar-refractivity contribution in [2.24, 2.45) is 4.99 Å². The number of fused-ring (bicyclic) bond motifs is 1. The molecule has 0 saturated carbocycles. The van der Waals surface area contributed by atoms with E-state index >= 15 is 0 Å². The van der Waals surface area contributed by atoms with Gasteiger partial charge in [0.2, 0.25) is 0 Å². The van der Waals surface area contributed by atoms with Gasteiger partial charge in [0.25, 0.3) is 0 Å². The van der Waals surface area contributed by atoms with Crippen LogP contribution in [0, 0.1) is 0 Å². The number of aliphatic imine (C=N–C) groups is 1. The minimum Gasteiger partial charge on any atom is -0.378 e. The molecule has 30 heavy (non-hydrogen) atoms. The van der Waals surface area contributed by atoms with Crippen LogP contribution < -0.4 is 15.2 Å². The number of aromatic nitrogens is 2. The van der Waals surface area contributed by atoms with Gasteiger partial charge in [0.1, 0.15) is 29.4 Å². The summed E-state index contributed by atoms with van der Waals surface area (Å²) in [6, 6.07) is 10.5. The first kappa shape index (κ1) is 19.7. The maximum absolute atomic E-state index is 5.57. The summed E-state index contributed by atoms with van der Waals surface area (Å²) >= 11 is 1.76. The zero-order valence-electron chi connectivity index (χ0n) is 17.0. The van der Waals surface area contributed by atoms with Gasteiger partial charge in [0.05, 0.1) is 13.2 Å². The average molecular weight is 426 g/mol. The number of nitrogens with one attached hydrogen (secondary N) is 1. The van der Waals surface area contributed by atoms with E-state index in [1.165, 1.54) is 5.56 Å². The van der Waals surface area contributed by atoms with Crippen molar-refractivity contribution < 1.29 is 4.74 Å². The van der Waals surface area contributed by atoms with Gasteiger partial charge in [0, 0.05) is 45.0 Å². The third kappa shape index (κ3) is 4.15. The van der Waals surface area contributed by atoms with E-state index in [-0.39, 0.29) is 0 Å². The van der Waals surface area contributed by atoms with Crippen LogP contribution >= 0.6 is 11.8 Å². The lowest BCUT2D eigenvalue weighted by Gasteiger charge is -2.42. The van der Waals surface area contributed by atoms with Gasteiger partial charge < -0.3 is 15.0 Å².